The van der Waals surface area contributed by atoms with Crippen LogP contribution < -0.4 is 15.7 Å². The van der Waals surface area contributed by atoms with Gasteiger partial charge in [-0.2, -0.15) is 0 Å². The fourth-order valence-electron chi connectivity index (χ4n) is 4.63. The number of aryl methyl sites for hydroxylation is 2. The summed E-state index contributed by atoms with van der Waals surface area (Å²) >= 11 is 0. The summed E-state index contributed by atoms with van der Waals surface area (Å²) in [5.74, 6) is 1.37. The molecule has 182 valence electrons. The molecule has 0 unspecified atom stereocenters. The van der Waals surface area contributed by atoms with Gasteiger partial charge in [0.1, 0.15) is 22.7 Å². The van der Waals surface area contributed by atoms with Crippen LogP contribution in [0.4, 0.5) is 0 Å². The maximum atomic E-state index is 12.8. The lowest BCUT2D eigenvalue weighted by molar-refractivity contribution is -0.120. The zero-order valence-electron chi connectivity index (χ0n) is 20.5. The molecule has 6 nitrogen and oxygen atoms in total. The minimum absolute atomic E-state index is 0.0410. The number of fused-ring (bicyclic) bond motifs is 2. The number of hydrogen-bond acceptors (Lipinski definition) is 5. The molecule has 0 radical (unpaired) electrons. The summed E-state index contributed by atoms with van der Waals surface area (Å²) in [4.78, 5) is 25.5. The van der Waals surface area contributed by atoms with Crippen molar-refractivity contribution in [3.8, 4) is 16.9 Å². The van der Waals surface area contributed by atoms with E-state index in [2.05, 4.69) is 5.32 Å². The summed E-state index contributed by atoms with van der Waals surface area (Å²) in [6.45, 7) is 4.26. The summed E-state index contributed by atoms with van der Waals surface area (Å²) < 4.78 is 16.8. The summed E-state index contributed by atoms with van der Waals surface area (Å²) in [6.07, 6.45) is 0.641. The van der Waals surface area contributed by atoms with Gasteiger partial charge in [-0.25, -0.2) is 4.79 Å². The average molecular weight is 482 g/mol. The molecular weight excluding hydrogens is 454 g/mol. The number of carbonyl (C=O) groups is 1. The number of benzene rings is 3. The number of furan rings is 1. The molecule has 0 spiro atoms. The van der Waals surface area contributed by atoms with E-state index in [9.17, 15) is 9.59 Å². The Balaban J connectivity index is 1.40. The van der Waals surface area contributed by atoms with Crippen LogP contribution in [0, 0.1) is 13.8 Å². The Hall–Kier alpha value is -4.32. The molecule has 1 amide bonds. The van der Waals surface area contributed by atoms with Crippen molar-refractivity contribution < 1.29 is 18.4 Å². The van der Waals surface area contributed by atoms with Crippen molar-refractivity contribution in [3.05, 3.63) is 99.6 Å². The molecule has 5 rings (SSSR count). The minimum Gasteiger partial charge on any atom is -0.497 e. The third-order valence-corrected chi connectivity index (χ3v) is 6.57. The van der Waals surface area contributed by atoms with Crippen LogP contribution in [0.1, 0.15) is 22.5 Å². The highest BCUT2D eigenvalue weighted by Crippen LogP contribution is 2.37. The number of ether oxygens (including phenoxy) is 1. The van der Waals surface area contributed by atoms with Gasteiger partial charge in [0.15, 0.2) is 0 Å². The Morgan fingerprint density at radius 3 is 2.36 bits per heavy atom. The second kappa shape index (κ2) is 9.74. The van der Waals surface area contributed by atoms with E-state index in [4.69, 9.17) is 13.6 Å². The molecule has 2 heterocycles. The smallest absolute Gasteiger partial charge is 0.340 e. The molecule has 6 heteroatoms. The first kappa shape index (κ1) is 23.4. The van der Waals surface area contributed by atoms with Crippen molar-refractivity contribution in [1.82, 2.24) is 5.32 Å². The third-order valence-electron chi connectivity index (χ3n) is 6.57. The molecule has 2 aromatic heterocycles. The average Bonchev–Trinajstić information content (AvgIpc) is 3.21. The topological polar surface area (TPSA) is 81.7 Å². The van der Waals surface area contributed by atoms with Crippen LogP contribution in [0.5, 0.6) is 5.75 Å². The first-order valence-corrected chi connectivity index (χ1v) is 11.9. The van der Waals surface area contributed by atoms with Gasteiger partial charge < -0.3 is 18.9 Å². The van der Waals surface area contributed by atoms with Crippen molar-refractivity contribution in [1.29, 1.82) is 0 Å². The maximum absolute atomic E-state index is 12.8. The van der Waals surface area contributed by atoms with Crippen molar-refractivity contribution in [2.75, 3.05) is 13.7 Å². The predicted octanol–water partition coefficient (Wildman–Crippen LogP) is 5.73. The molecule has 0 fully saturated rings. The van der Waals surface area contributed by atoms with E-state index in [0.717, 1.165) is 44.5 Å². The predicted molar refractivity (Wildman–Crippen MR) is 141 cm³/mol. The fraction of sp³-hybridized carbons (Fsp3) is 0.200. The number of hydrogen-bond donors (Lipinski definition) is 1. The summed E-state index contributed by atoms with van der Waals surface area (Å²) in [5.41, 5.74) is 4.86. The molecule has 36 heavy (non-hydrogen) atoms. The van der Waals surface area contributed by atoms with Gasteiger partial charge in [0.2, 0.25) is 5.91 Å². The van der Waals surface area contributed by atoms with Crippen molar-refractivity contribution in [3.63, 3.8) is 0 Å². The highest BCUT2D eigenvalue weighted by atomic mass is 16.5. The van der Waals surface area contributed by atoms with E-state index in [1.165, 1.54) is 0 Å². The quantitative estimate of drug-likeness (QED) is 0.300. The van der Waals surface area contributed by atoms with E-state index in [1.54, 1.807) is 13.2 Å². The van der Waals surface area contributed by atoms with Crippen molar-refractivity contribution in [2.45, 2.75) is 26.7 Å². The van der Waals surface area contributed by atoms with Gasteiger partial charge in [-0.15, -0.1) is 0 Å². The summed E-state index contributed by atoms with van der Waals surface area (Å²) in [5, 5.41) is 4.64. The van der Waals surface area contributed by atoms with Gasteiger partial charge in [-0.05, 0) is 55.2 Å². The lowest BCUT2D eigenvalue weighted by Gasteiger charge is -2.09. The SMILES string of the molecule is COc1ccc(CCNC(=O)Cc2c(C)c3cc4c(-c5ccccc5)c(C)oc4cc3oc2=O)cc1. The van der Waals surface area contributed by atoms with E-state index >= 15 is 0 Å². The molecule has 0 aliphatic heterocycles. The van der Waals surface area contributed by atoms with Crippen LogP contribution >= 0.6 is 0 Å². The van der Waals surface area contributed by atoms with Gasteiger partial charge in [-0.1, -0.05) is 42.5 Å². The molecule has 0 aliphatic rings. The Morgan fingerprint density at radius 1 is 0.917 bits per heavy atom. The first-order chi connectivity index (χ1) is 17.4. The summed E-state index contributed by atoms with van der Waals surface area (Å²) in [7, 11) is 1.63. The first-order valence-electron chi connectivity index (χ1n) is 11.9. The maximum Gasteiger partial charge on any atom is 0.340 e. The lowest BCUT2D eigenvalue weighted by atomic mass is 9.98. The van der Waals surface area contributed by atoms with Crippen LogP contribution in [-0.2, 0) is 17.6 Å². The van der Waals surface area contributed by atoms with Crippen LogP contribution in [0.15, 0.2) is 80.4 Å². The molecule has 0 aliphatic carbocycles. The lowest BCUT2D eigenvalue weighted by Crippen LogP contribution is -2.29. The number of amides is 1. The number of nitrogens with one attached hydrogen (secondary N) is 1. The highest BCUT2D eigenvalue weighted by molar-refractivity contribution is 6.03. The van der Waals surface area contributed by atoms with Crippen LogP contribution in [0.2, 0.25) is 0 Å². The second-order valence-corrected chi connectivity index (χ2v) is 8.86. The van der Waals surface area contributed by atoms with E-state index in [-0.39, 0.29) is 12.3 Å². The molecule has 0 saturated heterocycles. The zero-order valence-corrected chi connectivity index (χ0v) is 20.5. The van der Waals surface area contributed by atoms with Crippen LogP contribution in [-0.4, -0.2) is 19.6 Å². The number of carbonyl (C=O) groups excluding carboxylic acids is 1. The van der Waals surface area contributed by atoms with Crippen LogP contribution in [0.25, 0.3) is 33.1 Å². The van der Waals surface area contributed by atoms with E-state index in [1.807, 2.05) is 74.5 Å². The highest BCUT2D eigenvalue weighted by Gasteiger charge is 2.19. The molecule has 0 atom stereocenters. The third kappa shape index (κ3) is 4.50. The molecule has 3 aromatic carbocycles. The van der Waals surface area contributed by atoms with Gasteiger partial charge in [0.05, 0.1) is 19.1 Å². The van der Waals surface area contributed by atoms with Crippen LogP contribution in [0.3, 0.4) is 0 Å². The standard InChI is InChI=1S/C30H27NO5/c1-18-23-15-25-27(35-19(2)29(25)21-7-5-4-6-8-21)17-26(23)36-30(33)24(18)16-28(32)31-14-13-20-9-11-22(34-3)12-10-20/h4-12,15,17H,13-14,16H2,1-3H3,(H,31,32). The minimum atomic E-state index is -0.504. The molecule has 1 N–H and O–H groups in total. The summed E-state index contributed by atoms with van der Waals surface area (Å²) in [6, 6.07) is 21.5. The largest absolute Gasteiger partial charge is 0.497 e. The van der Waals surface area contributed by atoms with E-state index < -0.39 is 5.63 Å². The van der Waals surface area contributed by atoms with Gasteiger partial charge in [0, 0.05) is 28.9 Å². The van der Waals surface area contributed by atoms with Crippen molar-refractivity contribution >= 4 is 27.8 Å². The Kier molecular flexibility index (Phi) is 6.34. The Morgan fingerprint density at radius 2 is 1.64 bits per heavy atom. The van der Waals surface area contributed by atoms with Gasteiger partial charge >= 0.3 is 5.63 Å². The molecule has 5 aromatic rings. The Bertz CT molecular complexity index is 1610. The number of methoxy groups -OCH3 is 1. The second-order valence-electron chi connectivity index (χ2n) is 8.86. The fourth-order valence-corrected chi connectivity index (χ4v) is 4.63. The number of rotatable bonds is 7. The normalized spacial score (nSPS) is 11.2. The molecule has 0 saturated carbocycles. The van der Waals surface area contributed by atoms with Gasteiger partial charge in [0.25, 0.3) is 0 Å². The Labute approximate surface area is 208 Å². The zero-order chi connectivity index (χ0) is 25.2. The molecular formula is C30H27NO5. The molecule has 0 bridgehead atoms. The monoisotopic (exact) mass is 481 g/mol. The van der Waals surface area contributed by atoms with E-state index in [0.29, 0.717) is 29.7 Å². The van der Waals surface area contributed by atoms with Crippen molar-refractivity contribution in [2.24, 2.45) is 0 Å². The van der Waals surface area contributed by atoms with Gasteiger partial charge in [-0.3, -0.25) is 4.79 Å².